The van der Waals surface area contributed by atoms with Crippen molar-refractivity contribution in [2.24, 2.45) is 0 Å². The first-order valence-electron chi connectivity index (χ1n) is 9.65. The van der Waals surface area contributed by atoms with Crippen LogP contribution in [0.3, 0.4) is 0 Å². The molecule has 0 saturated carbocycles. The Bertz CT molecular complexity index is 1020. The highest BCUT2D eigenvalue weighted by molar-refractivity contribution is 5.85. The van der Waals surface area contributed by atoms with Crippen molar-refractivity contribution in [1.82, 2.24) is 9.97 Å². The van der Waals surface area contributed by atoms with Crippen molar-refractivity contribution in [3.63, 3.8) is 0 Å². The minimum absolute atomic E-state index is 0.233. The van der Waals surface area contributed by atoms with Crippen LogP contribution in [0.15, 0.2) is 42.2 Å². The van der Waals surface area contributed by atoms with Crippen molar-refractivity contribution in [2.75, 3.05) is 0 Å². The molecular weight excluding hydrogens is 336 g/mol. The molecule has 4 rings (SSSR count). The molecule has 1 N–H and O–H groups in total. The highest BCUT2D eigenvalue weighted by Crippen LogP contribution is 2.42. The number of hydrogen-bond donors (Lipinski definition) is 1. The lowest BCUT2D eigenvalue weighted by Crippen LogP contribution is -1.98. The Morgan fingerprint density at radius 2 is 1.74 bits per heavy atom. The zero-order valence-corrected chi connectivity index (χ0v) is 15.8. The molecule has 3 aromatic rings. The largest absolute Gasteiger partial charge is 0.508 e. The zero-order valence-electron chi connectivity index (χ0n) is 15.8. The zero-order chi connectivity index (χ0) is 18.8. The predicted octanol–water partition coefficient (Wildman–Crippen LogP) is 6.01. The summed E-state index contributed by atoms with van der Waals surface area (Å²) in [6.45, 7) is 4.09. The molecule has 0 fully saturated rings. The van der Waals surface area contributed by atoms with Crippen molar-refractivity contribution < 1.29 is 9.84 Å². The standard InChI is InChI=1S/C23H24N2O2/c1-3-4-5-6-9-16-14-20-22(25-19-11-8-7-10-18(19)24-20)17-12-13-21(26)15(2)23(17)27-16/h7-8,10-14,26H,3-6,9H2,1-2H3. The Morgan fingerprint density at radius 1 is 0.963 bits per heavy atom. The number of phenols is 1. The van der Waals surface area contributed by atoms with Gasteiger partial charge in [-0.15, -0.1) is 0 Å². The minimum Gasteiger partial charge on any atom is -0.508 e. The molecule has 1 aromatic heterocycles. The van der Waals surface area contributed by atoms with E-state index in [2.05, 4.69) is 6.92 Å². The average Bonchev–Trinajstić information content (AvgIpc) is 2.83. The van der Waals surface area contributed by atoms with Crippen LogP contribution in [0.2, 0.25) is 0 Å². The molecule has 2 heterocycles. The summed E-state index contributed by atoms with van der Waals surface area (Å²) in [5.74, 6) is 1.79. The van der Waals surface area contributed by atoms with Crippen LogP contribution in [0.25, 0.3) is 28.4 Å². The number of rotatable bonds is 5. The Kier molecular flexibility index (Phi) is 4.80. The third-order valence-electron chi connectivity index (χ3n) is 5.04. The lowest BCUT2D eigenvalue weighted by Gasteiger charge is -2.14. The van der Waals surface area contributed by atoms with Crippen LogP contribution >= 0.6 is 0 Å². The number of para-hydroxylation sites is 2. The van der Waals surface area contributed by atoms with Gasteiger partial charge in [-0.25, -0.2) is 9.97 Å². The second kappa shape index (κ2) is 7.39. The molecule has 27 heavy (non-hydrogen) atoms. The first-order valence-corrected chi connectivity index (χ1v) is 9.65. The van der Waals surface area contributed by atoms with E-state index < -0.39 is 0 Å². The lowest BCUT2D eigenvalue weighted by atomic mass is 10.0. The highest BCUT2D eigenvalue weighted by Gasteiger charge is 2.22. The maximum Gasteiger partial charge on any atom is 0.143 e. The number of hydrogen-bond acceptors (Lipinski definition) is 4. The smallest absolute Gasteiger partial charge is 0.143 e. The van der Waals surface area contributed by atoms with Gasteiger partial charge in [-0.05, 0) is 37.6 Å². The summed E-state index contributed by atoms with van der Waals surface area (Å²) in [7, 11) is 0. The van der Waals surface area contributed by atoms with Crippen LogP contribution in [0.4, 0.5) is 0 Å². The van der Waals surface area contributed by atoms with Crippen LogP contribution in [-0.2, 0) is 0 Å². The van der Waals surface area contributed by atoms with Crippen molar-refractivity contribution >= 4 is 17.1 Å². The van der Waals surface area contributed by atoms with E-state index in [0.717, 1.165) is 52.1 Å². The molecule has 0 saturated heterocycles. The fourth-order valence-electron chi connectivity index (χ4n) is 3.47. The quantitative estimate of drug-likeness (QED) is 0.566. The summed E-state index contributed by atoms with van der Waals surface area (Å²) in [5.41, 5.74) is 4.95. The Hall–Kier alpha value is -2.88. The molecule has 0 bridgehead atoms. The molecule has 0 radical (unpaired) electrons. The third kappa shape index (κ3) is 3.39. The second-order valence-corrected chi connectivity index (χ2v) is 7.06. The fraction of sp³-hybridized carbons (Fsp3) is 0.304. The van der Waals surface area contributed by atoms with Gasteiger partial charge in [0, 0.05) is 23.6 Å². The predicted molar refractivity (Wildman–Crippen MR) is 109 cm³/mol. The maximum atomic E-state index is 10.2. The van der Waals surface area contributed by atoms with Crippen molar-refractivity contribution in [1.29, 1.82) is 0 Å². The number of ether oxygens (including phenoxy) is 1. The Morgan fingerprint density at radius 3 is 2.52 bits per heavy atom. The van der Waals surface area contributed by atoms with E-state index in [0.29, 0.717) is 5.75 Å². The summed E-state index contributed by atoms with van der Waals surface area (Å²) in [4.78, 5) is 9.70. The molecule has 2 aromatic carbocycles. The van der Waals surface area contributed by atoms with Gasteiger partial charge in [-0.3, -0.25) is 0 Å². The van der Waals surface area contributed by atoms with Crippen LogP contribution < -0.4 is 4.74 Å². The van der Waals surface area contributed by atoms with E-state index in [-0.39, 0.29) is 5.75 Å². The van der Waals surface area contributed by atoms with Gasteiger partial charge in [0.1, 0.15) is 23.0 Å². The number of aromatic hydroxyl groups is 1. The molecule has 0 amide bonds. The van der Waals surface area contributed by atoms with Gasteiger partial charge in [0.05, 0.1) is 16.7 Å². The van der Waals surface area contributed by atoms with E-state index in [4.69, 9.17) is 14.7 Å². The van der Waals surface area contributed by atoms with Crippen molar-refractivity contribution in [3.05, 3.63) is 53.4 Å². The van der Waals surface area contributed by atoms with Gasteiger partial charge in [0.25, 0.3) is 0 Å². The number of fused-ring (bicyclic) bond motifs is 4. The number of phenolic OH excluding ortho intramolecular Hbond substituents is 1. The van der Waals surface area contributed by atoms with Crippen molar-refractivity contribution in [3.8, 4) is 22.8 Å². The van der Waals surface area contributed by atoms with E-state index in [1.165, 1.54) is 19.3 Å². The first kappa shape index (κ1) is 17.5. The molecule has 1 aliphatic rings. The third-order valence-corrected chi connectivity index (χ3v) is 5.04. The second-order valence-electron chi connectivity index (χ2n) is 7.06. The van der Waals surface area contributed by atoms with Gasteiger partial charge in [0.15, 0.2) is 0 Å². The van der Waals surface area contributed by atoms with Gasteiger partial charge in [-0.1, -0.05) is 38.3 Å². The van der Waals surface area contributed by atoms with E-state index in [1.807, 2.05) is 43.3 Å². The molecule has 4 nitrogen and oxygen atoms in total. The monoisotopic (exact) mass is 360 g/mol. The van der Waals surface area contributed by atoms with Crippen LogP contribution in [-0.4, -0.2) is 15.1 Å². The summed E-state index contributed by atoms with van der Waals surface area (Å²) >= 11 is 0. The van der Waals surface area contributed by atoms with Gasteiger partial charge in [0.2, 0.25) is 0 Å². The van der Waals surface area contributed by atoms with Gasteiger partial charge >= 0.3 is 0 Å². The number of nitrogens with zero attached hydrogens (tertiary/aromatic N) is 2. The summed E-state index contributed by atoms with van der Waals surface area (Å²) in [6.07, 6.45) is 7.54. The average molecular weight is 360 g/mol. The molecule has 0 unspecified atom stereocenters. The number of unbranched alkanes of at least 4 members (excludes halogenated alkanes) is 3. The summed E-state index contributed by atoms with van der Waals surface area (Å²) in [6, 6.07) is 11.5. The first-order chi connectivity index (χ1) is 13.2. The molecule has 1 aliphatic heterocycles. The molecule has 0 aliphatic carbocycles. The Labute approximate surface area is 159 Å². The van der Waals surface area contributed by atoms with E-state index >= 15 is 0 Å². The van der Waals surface area contributed by atoms with Crippen LogP contribution in [0.1, 0.15) is 50.3 Å². The van der Waals surface area contributed by atoms with Crippen LogP contribution in [0.5, 0.6) is 11.5 Å². The number of aromatic nitrogens is 2. The summed E-state index contributed by atoms with van der Waals surface area (Å²) < 4.78 is 6.28. The maximum absolute atomic E-state index is 10.2. The van der Waals surface area contributed by atoms with E-state index in [1.54, 1.807) is 6.07 Å². The summed E-state index contributed by atoms with van der Waals surface area (Å²) in [5, 5.41) is 10.2. The number of benzene rings is 2. The minimum atomic E-state index is 0.233. The molecule has 4 heteroatoms. The molecule has 0 spiro atoms. The normalized spacial score (nSPS) is 12.7. The Balaban J connectivity index is 1.85. The molecule has 0 atom stereocenters. The van der Waals surface area contributed by atoms with Gasteiger partial charge in [-0.2, -0.15) is 0 Å². The fourth-order valence-corrected chi connectivity index (χ4v) is 3.47. The molecular formula is C23H24N2O2. The van der Waals surface area contributed by atoms with Gasteiger partial charge < -0.3 is 9.84 Å². The van der Waals surface area contributed by atoms with E-state index in [9.17, 15) is 5.11 Å². The van der Waals surface area contributed by atoms with Crippen molar-refractivity contribution in [2.45, 2.75) is 46.0 Å². The number of allylic oxidation sites excluding steroid dienone is 1. The highest BCUT2D eigenvalue weighted by atomic mass is 16.5. The SMILES string of the molecule is CCCCCCC1=Cc2nc3ccccc3nc2-c2ccc(O)c(C)c2O1. The molecule has 138 valence electrons. The lowest BCUT2D eigenvalue weighted by molar-refractivity contribution is 0.394. The topological polar surface area (TPSA) is 55.2 Å². The van der Waals surface area contributed by atoms with Crippen LogP contribution in [0, 0.1) is 6.92 Å².